The minimum Gasteiger partial charge on any atom is -0.457 e. The molecule has 0 amide bonds. The maximum absolute atomic E-state index is 6.11. The Kier molecular flexibility index (Phi) is 5.31. The molecule has 1 fully saturated rings. The molecule has 10 nitrogen and oxygen atoms in total. The van der Waals surface area contributed by atoms with Crippen molar-refractivity contribution in [3.63, 3.8) is 0 Å². The first-order chi connectivity index (χ1) is 17.1. The lowest BCUT2D eigenvalue weighted by atomic mass is 9.85. The van der Waals surface area contributed by atoms with Crippen molar-refractivity contribution in [1.29, 1.82) is 0 Å². The molecule has 0 radical (unpaired) electrons. The summed E-state index contributed by atoms with van der Waals surface area (Å²) in [6.07, 6.45) is 8.66. The summed E-state index contributed by atoms with van der Waals surface area (Å²) in [6, 6.07) is 11.8. The van der Waals surface area contributed by atoms with Crippen molar-refractivity contribution in [2.24, 2.45) is 0 Å². The number of ether oxygens (including phenoxy) is 2. The van der Waals surface area contributed by atoms with E-state index in [0.717, 1.165) is 65.5 Å². The third-order valence-electron chi connectivity index (χ3n) is 6.66. The lowest BCUT2D eigenvalue weighted by Crippen LogP contribution is -2.41. The van der Waals surface area contributed by atoms with Gasteiger partial charge in [-0.15, -0.1) is 0 Å². The van der Waals surface area contributed by atoms with E-state index in [1.54, 1.807) is 18.0 Å². The lowest BCUT2D eigenvalue weighted by Gasteiger charge is -2.36. The molecule has 0 aliphatic carbocycles. The van der Waals surface area contributed by atoms with Gasteiger partial charge in [-0.3, -0.25) is 0 Å². The number of anilines is 2. The molecule has 1 saturated heterocycles. The van der Waals surface area contributed by atoms with Gasteiger partial charge >= 0.3 is 0 Å². The number of nitrogens with zero attached hydrogens (tertiary/aromatic N) is 6. The van der Waals surface area contributed by atoms with Crippen LogP contribution in [0.25, 0.3) is 11.2 Å². The van der Waals surface area contributed by atoms with Crippen molar-refractivity contribution in [3.8, 4) is 11.5 Å². The number of hydrogen-bond acceptors (Lipinski definition) is 8. The quantitative estimate of drug-likeness (QED) is 0.386. The van der Waals surface area contributed by atoms with E-state index in [1.807, 2.05) is 54.2 Å². The second-order valence-corrected chi connectivity index (χ2v) is 8.71. The highest BCUT2D eigenvalue weighted by Crippen LogP contribution is 2.39. The molecular weight excluding hydrogens is 444 g/mol. The molecule has 5 heterocycles. The summed E-state index contributed by atoms with van der Waals surface area (Å²) < 4.78 is 15.8. The number of nitrogens with one attached hydrogen (secondary N) is 2. The average Bonchev–Trinajstić information content (AvgIpc) is 3.54. The van der Waals surface area contributed by atoms with Gasteiger partial charge in [-0.1, -0.05) is 0 Å². The van der Waals surface area contributed by atoms with Crippen LogP contribution in [0.1, 0.15) is 24.0 Å². The van der Waals surface area contributed by atoms with Crippen LogP contribution in [0, 0.1) is 6.92 Å². The number of piperidine rings is 1. The Hall–Kier alpha value is -4.02. The van der Waals surface area contributed by atoms with E-state index >= 15 is 0 Å². The Labute approximate surface area is 201 Å². The van der Waals surface area contributed by atoms with E-state index in [2.05, 4.69) is 36.9 Å². The molecule has 35 heavy (non-hydrogen) atoms. The summed E-state index contributed by atoms with van der Waals surface area (Å²) in [5.41, 5.74) is 4.30. The van der Waals surface area contributed by atoms with Crippen molar-refractivity contribution in [3.05, 3.63) is 72.6 Å². The fourth-order valence-corrected chi connectivity index (χ4v) is 4.79. The van der Waals surface area contributed by atoms with Crippen LogP contribution in [0.2, 0.25) is 0 Å². The number of benzene rings is 1. The standard InChI is InChI=1S/C25H26N8O2/c1-17-13-18(3-4-21(17)35-19-5-11-32-22(14-19)27-15-29-32)31-24-23-20(6-12-33(23)30-16-28-24)25(34-2)7-9-26-10-8-25/h3-6,11-16,26H,7-10H2,1-2H3,(H,28,30,31). The summed E-state index contributed by atoms with van der Waals surface area (Å²) in [5.74, 6) is 2.21. The Balaban J connectivity index is 1.30. The maximum atomic E-state index is 6.11. The van der Waals surface area contributed by atoms with E-state index < -0.39 is 0 Å². The van der Waals surface area contributed by atoms with Gasteiger partial charge < -0.3 is 20.1 Å². The van der Waals surface area contributed by atoms with E-state index in [1.165, 1.54) is 6.33 Å². The maximum Gasteiger partial charge on any atom is 0.158 e. The predicted molar refractivity (Wildman–Crippen MR) is 131 cm³/mol. The Morgan fingerprint density at radius 1 is 0.971 bits per heavy atom. The third-order valence-corrected chi connectivity index (χ3v) is 6.66. The lowest BCUT2D eigenvalue weighted by molar-refractivity contribution is -0.0379. The second kappa shape index (κ2) is 8.64. The molecule has 10 heteroatoms. The first-order valence-corrected chi connectivity index (χ1v) is 11.6. The Morgan fingerprint density at radius 3 is 2.60 bits per heavy atom. The van der Waals surface area contributed by atoms with E-state index in [0.29, 0.717) is 5.75 Å². The van der Waals surface area contributed by atoms with Gasteiger partial charge in [-0.25, -0.2) is 19.0 Å². The molecule has 1 aromatic carbocycles. The smallest absolute Gasteiger partial charge is 0.158 e. The van der Waals surface area contributed by atoms with Gasteiger partial charge in [-0.05, 0) is 68.8 Å². The molecule has 0 saturated carbocycles. The second-order valence-electron chi connectivity index (χ2n) is 8.71. The zero-order valence-electron chi connectivity index (χ0n) is 19.6. The molecule has 6 rings (SSSR count). The largest absolute Gasteiger partial charge is 0.457 e. The molecule has 0 unspecified atom stereocenters. The topological polar surface area (TPSA) is 103 Å². The van der Waals surface area contributed by atoms with Crippen LogP contribution in [0.3, 0.4) is 0 Å². The van der Waals surface area contributed by atoms with Gasteiger partial charge in [-0.2, -0.15) is 10.2 Å². The SMILES string of the molecule is COC1(c2ccn3ncnc(Nc4ccc(Oc5ccn6ncnc6c5)c(C)c4)c23)CCNCC1. The molecule has 5 aromatic rings. The molecule has 0 bridgehead atoms. The van der Waals surface area contributed by atoms with Gasteiger partial charge in [0.2, 0.25) is 0 Å². The highest BCUT2D eigenvalue weighted by Gasteiger charge is 2.37. The van der Waals surface area contributed by atoms with Crippen LogP contribution in [0.5, 0.6) is 11.5 Å². The number of aryl methyl sites for hydroxylation is 1. The van der Waals surface area contributed by atoms with E-state index in [9.17, 15) is 0 Å². The predicted octanol–water partition coefficient (Wildman–Crippen LogP) is 3.84. The van der Waals surface area contributed by atoms with Crippen molar-refractivity contribution in [1.82, 2.24) is 34.5 Å². The highest BCUT2D eigenvalue weighted by molar-refractivity contribution is 5.78. The number of rotatable bonds is 6. The number of pyridine rings is 1. The van der Waals surface area contributed by atoms with Gasteiger partial charge in [0.15, 0.2) is 11.5 Å². The van der Waals surface area contributed by atoms with Crippen molar-refractivity contribution in [2.75, 3.05) is 25.5 Å². The molecule has 178 valence electrons. The molecule has 0 spiro atoms. The summed E-state index contributed by atoms with van der Waals surface area (Å²) in [5, 5.41) is 15.4. The van der Waals surface area contributed by atoms with Crippen LogP contribution < -0.4 is 15.4 Å². The summed E-state index contributed by atoms with van der Waals surface area (Å²) in [4.78, 5) is 8.79. The van der Waals surface area contributed by atoms with Crippen LogP contribution in [-0.4, -0.2) is 49.4 Å². The third kappa shape index (κ3) is 3.86. The van der Waals surface area contributed by atoms with Gasteiger partial charge in [0.25, 0.3) is 0 Å². The zero-order chi connectivity index (χ0) is 23.8. The zero-order valence-corrected chi connectivity index (χ0v) is 19.6. The van der Waals surface area contributed by atoms with Gasteiger partial charge in [0, 0.05) is 36.8 Å². The number of hydrogen-bond donors (Lipinski definition) is 2. The summed E-state index contributed by atoms with van der Waals surface area (Å²) in [7, 11) is 1.79. The van der Waals surface area contributed by atoms with Gasteiger partial charge in [0.1, 0.15) is 29.7 Å². The molecule has 4 aromatic heterocycles. The minimum absolute atomic E-state index is 0.361. The first-order valence-electron chi connectivity index (χ1n) is 11.6. The van der Waals surface area contributed by atoms with Crippen LogP contribution in [0.15, 0.2) is 61.4 Å². The summed E-state index contributed by atoms with van der Waals surface area (Å²) >= 11 is 0. The molecule has 2 N–H and O–H groups in total. The first kappa shape index (κ1) is 21.5. The number of aromatic nitrogens is 6. The molecule has 0 atom stereocenters. The van der Waals surface area contributed by atoms with Crippen molar-refractivity contribution < 1.29 is 9.47 Å². The fourth-order valence-electron chi connectivity index (χ4n) is 4.79. The number of fused-ring (bicyclic) bond motifs is 2. The van der Waals surface area contributed by atoms with E-state index in [-0.39, 0.29) is 5.60 Å². The van der Waals surface area contributed by atoms with Crippen molar-refractivity contribution in [2.45, 2.75) is 25.4 Å². The van der Waals surface area contributed by atoms with Crippen LogP contribution >= 0.6 is 0 Å². The van der Waals surface area contributed by atoms with E-state index in [4.69, 9.17) is 9.47 Å². The monoisotopic (exact) mass is 470 g/mol. The molecular formula is C25H26N8O2. The summed E-state index contributed by atoms with van der Waals surface area (Å²) in [6.45, 7) is 3.84. The Bertz CT molecular complexity index is 1500. The highest BCUT2D eigenvalue weighted by atomic mass is 16.5. The van der Waals surface area contributed by atoms with Crippen molar-refractivity contribution >= 4 is 22.7 Å². The normalized spacial score (nSPS) is 15.5. The minimum atomic E-state index is -0.361. The van der Waals surface area contributed by atoms with Crippen LogP contribution in [-0.2, 0) is 10.3 Å². The molecule has 1 aliphatic heterocycles. The average molecular weight is 471 g/mol. The molecule has 1 aliphatic rings. The Morgan fingerprint density at radius 2 is 1.77 bits per heavy atom. The van der Waals surface area contributed by atoms with Gasteiger partial charge in [0.05, 0.1) is 5.60 Å². The van der Waals surface area contributed by atoms with Crippen LogP contribution in [0.4, 0.5) is 11.5 Å². The number of methoxy groups -OCH3 is 1. The fraction of sp³-hybridized carbons (Fsp3) is 0.280.